The minimum absolute atomic E-state index is 0.206. The van der Waals surface area contributed by atoms with Crippen molar-refractivity contribution in [3.05, 3.63) is 53.3 Å². The van der Waals surface area contributed by atoms with Crippen molar-refractivity contribution >= 4 is 11.9 Å². The highest BCUT2D eigenvalue weighted by molar-refractivity contribution is 5.92. The molecule has 0 bridgehead atoms. The smallest absolute Gasteiger partial charge is 0.270 e. The molecule has 23 heavy (non-hydrogen) atoms. The van der Waals surface area contributed by atoms with Crippen LogP contribution in [0.15, 0.2) is 36.5 Å². The summed E-state index contributed by atoms with van der Waals surface area (Å²) < 4.78 is 4.94. The first-order chi connectivity index (χ1) is 11.2. The number of hydrogen-bond donors (Lipinski definition) is 2. The van der Waals surface area contributed by atoms with E-state index < -0.39 is 0 Å². The quantitative estimate of drug-likeness (QED) is 0.730. The third-order valence-electron chi connectivity index (χ3n) is 3.23. The molecule has 2 rings (SSSR count). The Morgan fingerprint density at radius 3 is 2.96 bits per heavy atom. The molecule has 0 radical (unpaired) electrons. The van der Waals surface area contributed by atoms with Gasteiger partial charge in [-0.3, -0.25) is 4.79 Å². The number of rotatable bonds is 8. The van der Waals surface area contributed by atoms with E-state index in [1.54, 1.807) is 19.4 Å². The third kappa shape index (κ3) is 5.67. The minimum atomic E-state index is -0.206. The van der Waals surface area contributed by atoms with Crippen molar-refractivity contribution in [2.24, 2.45) is 0 Å². The van der Waals surface area contributed by atoms with Gasteiger partial charge in [-0.2, -0.15) is 0 Å². The van der Waals surface area contributed by atoms with E-state index in [1.807, 2.05) is 12.1 Å². The molecule has 0 spiro atoms. The summed E-state index contributed by atoms with van der Waals surface area (Å²) in [5.74, 6) is 0.234. The van der Waals surface area contributed by atoms with Crippen LogP contribution in [0.25, 0.3) is 0 Å². The van der Waals surface area contributed by atoms with E-state index >= 15 is 0 Å². The van der Waals surface area contributed by atoms with E-state index in [9.17, 15) is 4.79 Å². The summed E-state index contributed by atoms with van der Waals surface area (Å²) in [6, 6.07) is 9.79. The fraction of sp³-hybridized carbons (Fsp3) is 0.353. The van der Waals surface area contributed by atoms with Crippen LogP contribution in [0.1, 0.15) is 28.0 Å². The van der Waals surface area contributed by atoms with Gasteiger partial charge >= 0.3 is 0 Å². The van der Waals surface area contributed by atoms with Gasteiger partial charge in [0.25, 0.3) is 5.91 Å². The molecule has 1 heterocycles. The Labute approximate surface area is 136 Å². The summed E-state index contributed by atoms with van der Waals surface area (Å²) >= 11 is 0. The van der Waals surface area contributed by atoms with Crippen LogP contribution in [0.5, 0.6) is 0 Å². The highest BCUT2D eigenvalue weighted by atomic mass is 16.5. The second kappa shape index (κ2) is 8.85. The Bertz CT molecular complexity index is 646. The fourth-order valence-corrected chi connectivity index (χ4v) is 2.08. The molecule has 122 valence electrons. The van der Waals surface area contributed by atoms with E-state index in [0.29, 0.717) is 31.3 Å². The first-order valence-electron chi connectivity index (χ1n) is 7.58. The molecule has 0 atom stereocenters. The topological polar surface area (TPSA) is 76.1 Å². The summed E-state index contributed by atoms with van der Waals surface area (Å²) in [5.41, 5.74) is 2.70. The van der Waals surface area contributed by atoms with Gasteiger partial charge in [-0.25, -0.2) is 9.97 Å². The van der Waals surface area contributed by atoms with Crippen LogP contribution in [0, 0.1) is 6.92 Å². The predicted molar refractivity (Wildman–Crippen MR) is 89.4 cm³/mol. The maximum absolute atomic E-state index is 12.0. The Morgan fingerprint density at radius 1 is 1.30 bits per heavy atom. The molecule has 0 unspecified atom stereocenters. The van der Waals surface area contributed by atoms with Crippen molar-refractivity contribution in [2.45, 2.75) is 19.9 Å². The zero-order valence-electron chi connectivity index (χ0n) is 13.5. The Morgan fingerprint density at radius 2 is 2.17 bits per heavy atom. The van der Waals surface area contributed by atoms with Crippen molar-refractivity contribution in [1.29, 1.82) is 0 Å². The monoisotopic (exact) mass is 314 g/mol. The summed E-state index contributed by atoms with van der Waals surface area (Å²) in [6.07, 6.45) is 2.35. The number of methoxy groups -OCH3 is 1. The SMILES string of the molecule is COCCCNC(=O)c1ccnc(NCc2cccc(C)c2)n1. The molecule has 0 aliphatic rings. The molecule has 0 aliphatic carbocycles. The molecular weight excluding hydrogens is 292 g/mol. The van der Waals surface area contributed by atoms with E-state index in [-0.39, 0.29) is 5.91 Å². The van der Waals surface area contributed by atoms with Crippen LogP contribution in [0.2, 0.25) is 0 Å². The molecule has 1 amide bonds. The number of amides is 1. The van der Waals surface area contributed by atoms with Gasteiger partial charge < -0.3 is 15.4 Å². The lowest BCUT2D eigenvalue weighted by Crippen LogP contribution is -2.26. The molecule has 0 aliphatic heterocycles. The van der Waals surface area contributed by atoms with E-state index in [2.05, 4.69) is 39.7 Å². The Hall–Kier alpha value is -2.47. The van der Waals surface area contributed by atoms with Gasteiger partial charge in [0.1, 0.15) is 5.69 Å². The largest absolute Gasteiger partial charge is 0.385 e. The summed E-state index contributed by atoms with van der Waals surface area (Å²) in [5, 5.41) is 5.94. The molecule has 6 heteroatoms. The Balaban J connectivity index is 1.90. The van der Waals surface area contributed by atoms with Crippen molar-refractivity contribution < 1.29 is 9.53 Å². The highest BCUT2D eigenvalue weighted by Gasteiger charge is 2.08. The average molecular weight is 314 g/mol. The summed E-state index contributed by atoms with van der Waals surface area (Å²) in [7, 11) is 1.64. The van der Waals surface area contributed by atoms with E-state index in [0.717, 1.165) is 12.0 Å². The van der Waals surface area contributed by atoms with Crippen LogP contribution in [-0.2, 0) is 11.3 Å². The average Bonchev–Trinajstić information content (AvgIpc) is 2.57. The fourth-order valence-electron chi connectivity index (χ4n) is 2.08. The minimum Gasteiger partial charge on any atom is -0.385 e. The lowest BCUT2D eigenvalue weighted by molar-refractivity contribution is 0.0943. The van der Waals surface area contributed by atoms with Crippen LogP contribution in [0.3, 0.4) is 0 Å². The number of nitrogens with one attached hydrogen (secondary N) is 2. The number of aromatic nitrogens is 2. The van der Waals surface area contributed by atoms with Gasteiger partial charge in [0.2, 0.25) is 5.95 Å². The molecule has 0 fully saturated rings. The molecule has 6 nitrogen and oxygen atoms in total. The van der Waals surface area contributed by atoms with Crippen LogP contribution < -0.4 is 10.6 Å². The Kier molecular flexibility index (Phi) is 6.50. The molecule has 2 aromatic rings. The lowest BCUT2D eigenvalue weighted by atomic mass is 10.1. The lowest BCUT2D eigenvalue weighted by Gasteiger charge is -2.08. The van der Waals surface area contributed by atoms with Gasteiger partial charge in [-0.05, 0) is 25.0 Å². The maximum Gasteiger partial charge on any atom is 0.270 e. The number of hydrogen-bond acceptors (Lipinski definition) is 5. The van der Waals surface area contributed by atoms with Gasteiger partial charge in [-0.15, -0.1) is 0 Å². The van der Waals surface area contributed by atoms with Crippen LogP contribution in [0.4, 0.5) is 5.95 Å². The summed E-state index contributed by atoms with van der Waals surface area (Å²) in [4.78, 5) is 20.4. The molecule has 1 aromatic heterocycles. The number of carbonyl (C=O) groups excluding carboxylic acids is 1. The molecule has 1 aromatic carbocycles. The van der Waals surface area contributed by atoms with Crippen LogP contribution >= 0.6 is 0 Å². The van der Waals surface area contributed by atoms with E-state index in [1.165, 1.54) is 5.56 Å². The second-order valence-corrected chi connectivity index (χ2v) is 5.21. The number of benzene rings is 1. The highest BCUT2D eigenvalue weighted by Crippen LogP contribution is 2.07. The number of aryl methyl sites for hydroxylation is 1. The van der Waals surface area contributed by atoms with Gasteiger partial charge in [0.15, 0.2) is 0 Å². The van der Waals surface area contributed by atoms with E-state index in [4.69, 9.17) is 4.74 Å². The molecular formula is C17H22N4O2. The van der Waals surface area contributed by atoms with Crippen molar-refractivity contribution in [3.63, 3.8) is 0 Å². The normalized spacial score (nSPS) is 10.3. The summed E-state index contributed by atoms with van der Waals surface area (Å²) in [6.45, 7) is 3.84. The molecule has 0 saturated heterocycles. The number of carbonyl (C=O) groups is 1. The number of ether oxygens (including phenoxy) is 1. The first kappa shape index (κ1) is 16.9. The van der Waals surface area contributed by atoms with Crippen molar-refractivity contribution in [3.8, 4) is 0 Å². The van der Waals surface area contributed by atoms with Crippen LogP contribution in [-0.4, -0.2) is 36.1 Å². The van der Waals surface area contributed by atoms with Gasteiger partial charge in [-0.1, -0.05) is 29.8 Å². The molecule has 2 N–H and O–H groups in total. The third-order valence-corrected chi connectivity index (χ3v) is 3.23. The van der Waals surface area contributed by atoms with Crippen molar-refractivity contribution in [1.82, 2.24) is 15.3 Å². The zero-order valence-corrected chi connectivity index (χ0v) is 13.5. The van der Waals surface area contributed by atoms with Gasteiger partial charge in [0.05, 0.1) is 0 Å². The number of anilines is 1. The van der Waals surface area contributed by atoms with Crippen molar-refractivity contribution in [2.75, 3.05) is 25.6 Å². The number of nitrogens with zero attached hydrogens (tertiary/aromatic N) is 2. The zero-order chi connectivity index (χ0) is 16.5. The first-order valence-corrected chi connectivity index (χ1v) is 7.58. The van der Waals surface area contributed by atoms with Gasteiger partial charge in [0, 0.05) is 33.0 Å². The predicted octanol–water partition coefficient (Wildman–Crippen LogP) is 2.16. The maximum atomic E-state index is 12.0. The second-order valence-electron chi connectivity index (χ2n) is 5.21. The standard InChI is InChI=1S/C17H22N4O2/c1-13-5-3-6-14(11-13)12-20-17-19-9-7-15(21-17)16(22)18-8-4-10-23-2/h3,5-7,9,11H,4,8,10,12H2,1-2H3,(H,18,22)(H,19,20,21). The molecule has 0 saturated carbocycles.